The van der Waals surface area contributed by atoms with Gasteiger partial charge in [0.05, 0.1) is 6.04 Å². The van der Waals surface area contributed by atoms with E-state index in [-0.39, 0.29) is 11.8 Å². The number of hydrogen-bond acceptors (Lipinski definition) is 2. The van der Waals surface area contributed by atoms with Crippen LogP contribution in [-0.2, 0) is 0 Å². The first-order valence-corrected chi connectivity index (χ1v) is 8.96. The summed E-state index contributed by atoms with van der Waals surface area (Å²) in [5.41, 5.74) is 3.35. The van der Waals surface area contributed by atoms with Crippen molar-refractivity contribution in [3.8, 4) is 0 Å². The minimum atomic E-state index is -0.648. The Morgan fingerprint density at radius 1 is 0.852 bits per heavy atom. The topological polar surface area (TPSA) is 49.4 Å². The van der Waals surface area contributed by atoms with E-state index in [0.717, 1.165) is 11.1 Å². The average molecular weight is 356 g/mol. The van der Waals surface area contributed by atoms with Crippen LogP contribution in [0.3, 0.4) is 0 Å². The van der Waals surface area contributed by atoms with E-state index in [4.69, 9.17) is 0 Å². The van der Waals surface area contributed by atoms with E-state index in [2.05, 4.69) is 5.32 Å². The van der Waals surface area contributed by atoms with E-state index in [1.54, 1.807) is 17.0 Å². The van der Waals surface area contributed by atoms with Crippen LogP contribution in [0, 0.1) is 6.92 Å². The SMILES string of the molecule is Cc1ccc([C@@H]2NC(=O)N(c3ccccc3)[C@H]2C(=O)c2ccccc2)cc1. The zero-order valence-electron chi connectivity index (χ0n) is 15.0. The van der Waals surface area contributed by atoms with Crippen molar-refractivity contribution in [1.29, 1.82) is 0 Å². The maximum absolute atomic E-state index is 13.4. The molecule has 4 nitrogen and oxygen atoms in total. The number of para-hydroxylation sites is 1. The Kier molecular flexibility index (Phi) is 4.47. The van der Waals surface area contributed by atoms with Crippen LogP contribution < -0.4 is 10.2 Å². The molecule has 27 heavy (non-hydrogen) atoms. The van der Waals surface area contributed by atoms with E-state index in [1.807, 2.05) is 79.7 Å². The minimum Gasteiger partial charge on any atom is -0.328 e. The highest BCUT2D eigenvalue weighted by Gasteiger charge is 2.45. The number of aryl methyl sites for hydroxylation is 1. The zero-order valence-corrected chi connectivity index (χ0v) is 15.0. The van der Waals surface area contributed by atoms with E-state index in [9.17, 15) is 9.59 Å². The van der Waals surface area contributed by atoms with Gasteiger partial charge in [-0.1, -0.05) is 78.4 Å². The first-order chi connectivity index (χ1) is 13.1. The fourth-order valence-corrected chi connectivity index (χ4v) is 3.50. The summed E-state index contributed by atoms with van der Waals surface area (Å²) in [6, 6.07) is 25.1. The largest absolute Gasteiger partial charge is 0.328 e. The van der Waals surface area contributed by atoms with Gasteiger partial charge < -0.3 is 5.32 Å². The number of urea groups is 1. The van der Waals surface area contributed by atoms with Crippen molar-refractivity contribution in [2.24, 2.45) is 0 Å². The Balaban J connectivity index is 1.80. The van der Waals surface area contributed by atoms with Crippen LogP contribution in [0.4, 0.5) is 10.5 Å². The number of Topliss-reactive ketones (excluding diaryl/α,β-unsaturated/α-hetero) is 1. The van der Waals surface area contributed by atoms with E-state index in [1.165, 1.54) is 0 Å². The van der Waals surface area contributed by atoms with Crippen LogP contribution in [0.5, 0.6) is 0 Å². The van der Waals surface area contributed by atoms with Crippen LogP contribution in [0.15, 0.2) is 84.9 Å². The lowest BCUT2D eigenvalue weighted by molar-refractivity contribution is 0.0954. The second-order valence-corrected chi connectivity index (χ2v) is 6.72. The van der Waals surface area contributed by atoms with Crippen LogP contribution in [0.1, 0.15) is 27.5 Å². The zero-order chi connectivity index (χ0) is 18.8. The highest BCUT2D eigenvalue weighted by molar-refractivity contribution is 6.10. The number of carbonyl (C=O) groups is 2. The molecule has 4 heteroatoms. The first-order valence-electron chi connectivity index (χ1n) is 8.96. The highest BCUT2D eigenvalue weighted by Crippen LogP contribution is 2.33. The van der Waals surface area contributed by atoms with Gasteiger partial charge in [0.25, 0.3) is 0 Å². The number of benzene rings is 3. The smallest absolute Gasteiger partial charge is 0.323 e. The van der Waals surface area contributed by atoms with Crippen molar-refractivity contribution in [3.63, 3.8) is 0 Å². The molecule has 0 radical (unpaired) electrons. The number of nitrogens with one attached hydrogen (secondary N) is 1. The highest BCUT2D eigenvalue weighted by atomic mass is 16.2. The van der Waals surface area contributed by atoms with Gasteiger partial charge in [-0.05, 0) is 24.6 Å². The van der Waals surface area contributed by atoms with Crippen molar-refractivity contribution in [2.75, 3.05) is 4.90 Å². The molecule has 0 bridgehead atoms. The molecule has 1 aliphatic heterocycles. The van der Waals surface area contributed by atoms with Crippen LogP contribution >= 0.6 is 0 Å². The summed E-state index contributed by atoms with van der Waals surface area (Å²) in [7, 11) is 0. The summed E-state index contributed by atoms with van der Waals surface area (Å²) < 4.78 is 0. The molecular weight excluding hydrogens is 336 g/mol. The second kappa shape index (κ2) is 7.08. The summed E-state index contributed by atoms with van der Waals surface area (Å²) in [5.74, 6) is -0.0802. The third kappa shape index (κ3) is 3.22. The third-order valence-electron chi connectivity index (χ3n) is 4.89. The molecule has 0 spiro atoms. The Morgan fingerprint density at radius 2 is 1.44 bits per heavy atom. The predicted octanol–water partition coefficient (Wildman–Crippen LogP) is 4.52. The summed E-state index contributed by atoms with van der Waals surface area (Å²) in [6.07, 6.45) is 0. The molecular formula is C23H20N2O2. The molecule has 3 aromatic rings. The Bertz CT molecular complexity index is 953. The van der Waals surface area contributed by atoms with Crippen molar-refractivity contribution < 1.29 is 9.59 Å². The molecule has 2 atom stereocenters. The number of ketones is 1. The average Bonchev–Trinajstić information content (AvgIpc) is 3.06. The van der Waals surface area contributed by atoms with E-state index in [0.29, 0.717) is 11.3 Å². The minimum absolute atomic E-state index is 0.0802. The molecule has 1 saturated heterocycles. The van der Waals surface area contributed by atoms with Crippen molar-refractivity contribution in [1.82, 2.24) is 5.32 Å². The maximum atomic E-state index is 13.4. The van der Waals surface area contributed by atoms with Gasteiger partial charge in [-0.2, -0.15) is 0 Å². The van der Waals surface area contributed by atoms with Gasteiger partial charge in [-0.25, -0.2) is 4.79 Å². The lowest BCUT2D eigenvalue weighted by Crippen LogP contribution is -2.40. The number of carbonyl (C=O) groups excluding carboxylic acids is 2. The van der Waals surface area contributed by atoms with Crippen molar-refractivity contribution in [3.05, 3.63) is 102 Å². The second-order valence-electron chi connectivity index (χ2n) is 6.72. The molecule has 1 N–H and O–H groups in total. The van der Waals surface area contributed by atoms with Gasteiger partial charge in [0, 0.05) is 11.3 Å². The Hall–Kier alpha value is -3.40. The molecule has 0 aliphatic carbocycles. The first kappa shape index (κ1) is 17.0. The normalized spacial score (nSPS) is 19.0. The third-order valence-corrected chi connectivity index (χ3v) is 4.89. The van der Waals surface area contributed by atoms with Crippen molar-refractivity contribution >= 4 is 17.5 Å². The van der Waals surface area contributed by atoms with Gasteiger partial charge in [0.1, 0.15) is 6.04 Å². The maximum Gasteiger partial charge on any atom is 0.323 e. The molecule has 2 amide bonds. The standard InChI is InChI=1S/C23H20N2O2/c1-16-12-14-17(15-13-16)20-21(22(26)18-8-4-2-5-9-18)25(23(27)24-20)19-10-6-3-7-11-19/h2-15,20-21H,1H3,(H,24,27)/t20-,21+/m0/s1. The Morgan fingerprint density at radius 3 is 2.07 bits per heavy atom. The summed E-state index contributed by atoms with van der Waals surface area (Å²) in [4.78, 5) is 27.8. The molecule has 0 saturated carbocycles. The molecule has 4 rings (SSSR count). The lowest BCUT2D eigenvalue weighted by Gasteiger charge is -2.26. The van der Waals surface area contributed by atoms with E-state index >= 15 is 0 Å². The van der Waals surface area contributed by atoms with Gasteiger partial charge >= 0.3 is 6.03 Å². The molecule has 1 aliphatic rings. The van der Waals surface area contributed by atoms with E-state index < -0.39 is 12.1 Å². The summed E-state index contributed by atoms with van der Waals surface area (Å²) in [6.45, 7) is 2.01. The lowest BCUT2D eigenvalue weighted by atomic mass is 9.92. The van der Waals surface area contributed by atoms with Crippen LogP contribution in [0.25, 0.3) is 0 Å². The fourth-order valence-electron chi connectivity index (χ4n) is 3.50. The summed E-state index contributed by atoms with van der Waals surface area (Å²) >= 11 is 0. The number of rotatable bonds is 4. The number of anilines is 1. The molecule has 0 unspecified atom stereocenters. The van der Waals surface area contributed by atoms with Crippen LogP contribution in [0.2, 0.25) is 0 Å². The van der Waals surface area contributed by atoms with Gasteiger partial charge in [0.2, 0.25) is 0 Å². The number of nitrogens with zero attached hydrogens (tertiary/aromatic N) is 1. The predicted molar refractivity (Wildman–Crippen MR) is 106 cm³/mol. The molecule has 1 fully saturated rings. The monoisotopic (exact) mass is 356 g/mol. The van der Waals surface area contributed by atoms with Gasteiger partial charge in [-0.3, -0.25) is 9.69 Å². The Labute approximate surface area is 158 Å². The number of amides is 2. The van der Waals surface area contributed by atoms with Gasteiger partial charge in [0.15, 0.2) is 5.78 Å². The van der Waals surface area contributed by atoms with Crippen molar-refractivity contribution in [2.45, 2.75) is 19.0 Å². The quantitative estimate of drug-likeness (QED) is 0.699. The molecule has 0 aromatic heterocycles. The number of hydrogen-bond donors (Lipinski definition) is 1. The molecule has 134 valence electrons. The van der Waals surface area contributed by atoms with Crippen LogP contribution in [-0.4, -0.2) is 17.9 Å². The fraction of sp³-hybridized carbons (Fsp3) is 0.130. The van der Waals surface area contributed by atoms with Gasteiger partial charge in [-0.15, -0.1) is 0 Å². The summed E-state index contributed by atoms with van der Waals surface area (Å²) in [5, 5.41) is 3.01. The molecule has 3 aromatic carbocycles. The molecule has 1 heterocycles.